The van der Waals surface area contributed by atoms with Crippen molar-refractivity contribution in [1.29, 1.82) is 0 Å². The zero-order valence-corrected chi connectivity index (χ0v) is 16.7. The average Bonchev–Trinajstić information content (AvgIpc) is 3.32. The Labute approximate surface area is 163 Å². The molecule has 2 aromatic heterocycles. The number of hydrogen-bond donors (Lipinski definition) is 0. The van der Waals surface area contributed by atoms with Crippen molar-refractivity contribution in [3.63, 3.8) is 0 Å². The number of aryl methyl sites for hydroxylation is 3. The molecule has 142 valence electrons. The van der Waals surface area contributed by atoms with Crippen LogP contribution in [0.4, 0.5) is 5.13 Å². The first-order valence-electron chi connectivity index (χ1n) is 9.47. The van der Waals surface area contributed by atoms with Crippen molar-refractivity contribution in [2.24, 2.45) is 0 Å². The molecule has 0 N–H and O–H groups in total. The van der Waals surface area contributed by atoms with E-state index in [0.717, 1.165) is 62.2 Å². The van der Waals surface area contributed by atoms with Crippen molar-refractivity contribution < 1.29 is 4.52 Å². The lowest BCUT2D eigenvalue weighted by atomic mass is 10.1. The zero-order chi connectivity index (χ0) is 18.6. The third-order valence-electron chi connectivity index (χ3n) is 4.89. The van der Waals surface area contributed by atoms with Gasteiger partial charge in [-0.05, 0) is 26.8 Å². The first-order chi connectivity index (χ1) is 13.2. The Hall–Kier alpha value is -2.25. The maximum atomic E-state index is 5.42. The molecule has 1 aromatic carbocycles. The summed E-state index contributed by atoms with van der Waals surface area (Å²) >= 11 is 1.78. The standard InChI is InChI=1S/C20H25N5OS/c1-15-5-7-17(8-6-15)19-22-18(26-23-19)4-3-9-24-10-12-25(13-11-24)20-21-14-16(2)27-20/h5-8,14H,3-4,9-13H2,1-2H3. The SMILES string of the molecule is Cc1ccc(-c2noc(CCCN3CCN(c4ncc(C)s4)CC3)n2)cc1. The number of anilines is 1. The molecule has 1 aliphatic heterocycles. The Morgan fingerprint density at radius 3 is 2.56 bits per heavy atom. The van der Waals surface area contributed by atoms with Gasteiger partial charge in [0.25, 0.3) is 0 Å². The Kier molecular flexibility index (Phi) is 5.50. The number of hydrogen-bond acceptors (Lipinski definition) is 7. The van der Waals surface area contributed by atoms with Crippen LogP contribution in [0.15, 0.2) is 35.0 Å². The fraction of sp³-hybridized carbons (Fsp3) is 0.450. The van der Waals surface area contributed by atoms with Crippen LogP contribution in [0.1, 0.15) is 22.8 Å². The van der Waals surface area contributed by atoms with Crippen LogP contribution >= 0.6 is 11.3 Å². The largest absolute Gasteiger partial charge is 0.346 e. The first kappa shape index (κ1) is 18.1. The van der Waals surface area contributed by atoms with Crippen LogP contribution in [0.25, 0.3) is 11.4 Å². The summed E-state index contributed by atoms with van der Waals surface area (Å²) in [7, 11) is 0. The van der Waals surface area contributed by atoms with Crippen LogP contribution in [0, 0.1) is 13.8 Å². The number of benzene rings is 1. The van der Waals surface area contributed by atoms with Gasteiger partial charge in [0.1, 0.15) is 0 Å². The van der Waals surface area contributed by atoms with E-state index in [2.05, 4.69) is 50.9 Å². The summed E-state index contributed by atoms with van der Waals surface area (Å²) in [5.41, 5.74) is 2.23. The lowest BCUT2D eigenvalue weighted by Gasteiger charge is -2.34. The van der Waals surface area contributed by atoms with Crippen molar-refractivity contribution >= 4 is 16.5 Å². The van der Waals surface area contributed by atoms with Gasteiger partial charge in [-0.3, -0.25) is 4.90 Å². The van der Waals surface area contributed by atoms with Gasteiger partial charge < -0.3 is 9.42 Å². The Morgan fingerprint density at radius 1 is 1.07 bits per heavy atom. The molecule has 0 saturated carbocycles. The quantitative estimate of drug-likeness (QED) is 0.649. The third kappa shape index (κ3) is 4.54. The maximum Gasteiger partial charge on any atom is 0.227 e. The highest BCUT2D eigenvalue weighted by Crippen LogP contribution is 2.23. The Balaban J connectivity index is 1.22. The van der Waals surface area contributed by atoms with E-state index in [9.17, 15) is 0 Å². The van der Waals surface area contributed by atoms with Gasteiger partial charge in [-0.2, -0.15) is 4.98 Å². The van der Waals surface area contributed by atoms with E-state index in [1.807, 2.05) is 18.3 Å². The minimum absolute atomic E-state index is 0.678. The zero-order valence-electron chi connectivity index (χ0n) is 15.9. The summed E-state index contributed by atoms with van der Waals surface area (Å²) < 4.78 is 5.42. The second kappa shape index (κ2) is 8.19. The van der Waals surface area contributed by atoms with E-state index in [1.54, 1.807) is 11.3 Å². The second-order valence-electron chi connectivity index (χ2n) is 7.06. The van der Waals surface area contributed by atoms with Gasteiger partial charge in [-0.15, -0.1) is 11.3 Å². The Bertz CT molecular complexity index is 865. The van der Waals surface area contributed by atoms with Gasteiger partial charge in [0, 0.05) is 49.2 Å². The smallest absolute Gasteiger partial charge is 0.227 e. The minimum atomic E-state index is 0.678. The average molecular weight is 384 g/mol. The lowest BCUT2D eigenvalue weighted by molar-refractivity contribution is 0.251. The fourth-order valence-electron chi connectivity index (χ4n) is 3.28. The number of rotatable bonds is 6. The van der Waals surface area contributed by atoms with Crippen LogP contribution in [0.5, 0.6) is 0 Å². The molecule has 1 aliphatic rings. The van der Waals surface area contributed by atoms with Crippen molar-refractivity contribution in [3.05, 3.63) is 46.8 Å². The van der Waals surface area contributed by atoms with Gasteiger partial charge >= 0.3 is 0 Å². The highest BCUT2D eigenvalue weighted by atomic mass is 32.1. The molecule has 4 rings (SSSR count). The highest BCUT2D eigenvalue weighted by Gasteiger charge is 2.19. The van der Waals surface area contributed by atoms with Crippen LogP contribution in [-0.4, -0.2) is 52.7 Å². The monoisotopic (exact) mass is 383 g/mol. The normalized spacial score (nSPS) is 15.4. The minimum Gasteiger partial charge on any atom is -0.346 e. The number of piperazine rings is 1. The van der Waals surface area contributed by atoms with Crippen LogP contribution in [-0.2, 0) is 6.42 Å². The molecule has 7 heteroatoms. The fourth-order valence-corrected chi connectivity index (χ4v) is 4.09. The Morgan fingerprint density at radius 2 is 1.85 bits per heavy atom. The summed E-state index contributed by atoms with van der Waals surface area (Å²) in [6.45, 7) is 9.50. The van der Waals surface area contributed by atoms with Gasteiger partial charge in [0.2, 0.25) is 11.7 Å². The molecule has 1 fully saturated rings. The predicted octanol–water partition coefficient (Wildman–Crippen LogP) is 3.56. The molecule has 3 heterocycles. The molecular weight excluding hydrogens is 358 g/mol. The van der Waals surface area contributed by atoms with E-state index in [0.29, 0.717) is 5.82 Å². The second-order valence-corrected chi connectivity index (χ2v) is 8.28. The van der Waals surface area contributed by atoms with Gasteiger partial charge in [-0.25, -0.2) is 4.98 Å². The van der Waals surface area contributed by atoms with Crippen molar-refractivity contribution in [3.8, 4) is 11.4 Å². The number of thiazole rings is 1. The van der Waals surface area contributed by atoms with Crippen molar-refractivity contribution in [2.45, 2.75) is 26.7 Å². The molecule has 0 spiro atoms. The molecule has 3 aromatic rings. The van der Waals surface area contributed by atoms with E-state index in [-0.39, 0.29) is 0 Å². The molecule has 0 unspecified atom stereocenters. The van der Waals surface area contributed by atoms with Gasteiger partial charge in [0.15, 0.2) is 5.13 Å². The molecule has 27 heavy (non-hydrogen) atoms. The molecular formula is C20H25N5OS. The molecule has 1 saturated heterocycles. The summed E-state index contributed by atoms with van der Waals surface area (Å²) in [4.78, 5) is 15.2. The number of aromatic nitrogens is 3. The van der Waals surface area contributed by atoms with Gasteiger partial charge in [-0.1, -0.05) is 35.0 Å². The molecule has 0 aliphatic carbocycles. The third-order valence-corrected chi connectivity index (χ3v) is 5.87. The van der Waals surface area contributed by atoms with E-state index >= 15 is 0 Å². The summed E-state index contributed by atoms with van der Waals surface area (Å²) in [6.07, 6.45) is 3.82. The summed E-state index contributed by atoms with van der Waals surface area (Å²) in [6, 6.07) is 8.21. The van der Waals surface area contributed by atoms with Crippen LogP contribution in [0.2, 0.25) is 0 Å². The molecule has 0 atom stereocenters. The molecule has 0 bridgehead atoms. The maximum absolute atomic E-state index is 5.42. The van der Waals surface area contributed by atoms with Gasteiger partial charge in [0.05, 0.1) is 0 Å². The highest BCUT2D eigenvalue weighted by molar-refractivity contribution is 7.15. The first-order valence-corrected chi connectivity index (χ1v) is 10.3. The molecule has 0 amide bonds. The number of nitrogens with zero attached hydrogens (tertiary/aromatic N) is 5. The van der Waals surface area contributed by atoms with E-state index in [1.165, 1.54) is 10.4 Å². The van der Waals surface area contributed by atoms with Crippen molar-refractivity contribution in [2.75, 3.05) is 37.6 Å². The predicted molar refractivity (Wildman–Crippen MR) is 108 cm³/mol. The molecule has 0 radical (unpaired) electrons. The van der Waals surface area contributed by atoms with Crippen molar-refractivity contribution in [1.82, 2.24) is 20.0 Å². The van der Waals surface area contributed by atoms with E-state index in [4.69, 9.17) is 4.52 Å². The van der Waals surface area contributed by atoms with E-state index < -0.39 is 0 Å². The topological polar surface area (TPSA) is 58.3 Å². The summed E-state index contributed by atoms with van der Waals surface area (Å²) in [5.74, 6) is 1.40. The lowest BCUT2D eigenvalue weighted by Crippen LogP contribution is -2.46. The molecule has 6 nitrogen and oxygen atoms in total. The van der Waals surface area contributed by atoms with Crippen LogP contribution < -0.4 is 4.90 Å². The summed E-state index contributed by atoms with van der Waals surface area (Å²) in [5, 5.41) is 5.27. The van der Waals surface area contributed by atoms with Crippen LogP contribution in [0.3, 0.4) is 0 Å².